The van der Waals surface area contributed by atoms with E-state index in [9.17, 15) is 10.2 Å². The Morgan fingerprint density at radius 2 is 1.61 bits per heavy atom. The Morgan fingerprint density at radius 3 is 2.22 bits per heavy atom. The van der Waals surface area contributed by atoms with Crippen LogP contribution in [0.2, 0.25) is 0 Å². The fourth-order valence-electron chi connectivity index (χ4n) is 3.87. The Kier molecular flexibility index (Phi) is 8.12. The van der Waals surface area contributed by atoms with Gasteiger partial charge in [0.05, 0.1) is 11.2 Å². The van der Waals surface area contributed by atoms with Crippen molar-refractivity contribution in [3.05, 3.63) is 107 Å². The Labute approximate surface area is 216 Å². The first-order valence-electron chi connectivity index (χ1n) is 12.0. The van der Waals surface area contributed by atoms with Crippen LogP contribution in [0.25, 0.3) is 5.70 Å². The number of hydrogen-bond acceptors (Lipinski definition) is 4. The number of hydrogen-bond donors (Lipinski definition) is 4. The first kappa shape index (κ1) is 27.2. The summed E-state index contributed by atoms with van der Waals surface area (Å²) in [5.74, 6) is 0.373. The number of aliphatic hydroxyl groups is 2. The first-order valence-corrected chi connectivity index (χ1v) is 12.0. The van der Waals surface area contributed by atoms with Gasteiger partial charge in [-0.25, -0.2) is 4.99 Å². The molecule has 0 spiro atoms. The molecular weight excluding hydrogens is 445 g/mol. The highest BCUT2D eigenvalue weighted by molar-refractivity contribution is 6.33. The molecule has 0 saturated carbocycles. The summed E-state index contributed by atoms with van der Waals surface area (Å²) in [6.45, 7) is 13.1. The van der Waals surface area contributed by atoms with Crippen molar-refractivity contribution in [2.45, 2.75) is 58.4 Å². The van der Waals surface area contributed by atoms with Gasteiger partial charge in [0.1, 0.15) is 19.8 Å². The molecule has 0 aliphatic heterocycles. The lowest BCUT2D eigenvalue weighted by atomic mass is 9.81. The lowest BCUT2D eigenvalue weighted by molar-refractivity contribution is -0.118. The summed E-state index contributed by atoms with van der Waals surface area (Å²) < 4.78 is 0. The second kappa shape index (κ2) is 10.7. The van der Waals surface area contributed by atoms with Crippen LogP contribution in [0.15, 0.2) is 78.3 Å². The molecular formula is C30H36BN3O2. The molecule has 0 fully saturated rings. The third kappa shape index (κ3) is 6.45. The standard InChI is InChI=1S/C30H36BN3O2/c1-19-11-14-22(15-12-19)27(32)34-28(25-9-7-8-10-26(25)31)33-21(3)24-16-13-20(2)17-23(24)18-30(6,36)29(4,5)35/h7-17,28,33,35-36H,3,18H2,1-2,4-6H3,(H2,32,34). The number of aryl methyl sites for hydroxylation is 2. The third-order valence-electron chi connectivity index (χ3n) is 6.66. The lowest BCUT2D eigenvalue weighted by Crippen LogP contribution is -2.49. The molecule has 0 amide bonds. The van der Waals surface area contributed by atoms with Crippen LogP contribution < -0.4 is 16.5 Å². The van der Waals surface area contributed by atoms with E-state index in [2.05, 4.69) is 11.9 Å². The molecule has 0 aliphatic carbocycles. The van der Waals surface area contributed by atoms with Gasteiger partial charge in [-0.15, -0.1) is 0 Å². The number of nitrogens with zero attached hydrogens (tertiary/aromatic N) is 1. The normalized spacial score (nSPS) is 14.7. The highest BCUT2D eigenvalue weighted by Gasteiger charge is 2.38. The minimum Gasteiger partial charge on any atom is -0.387 e. The number of benzene rings is 3. The molecule has 5 N–H and O–H groups in total. The number of aliphatic imine (C=N–C) groups is 1. The molecule has 2 radical (unpaired) electrons. The van der Waals surface area contributed by atoms with Gasteiger partial charge < -0.3 is 21.3 Å². The molecule has 0 bridgehead atoms. The predicted molar refractivity (Wildman–Crippen MR) is 150 cm³/mol. The third-order valence-corrected chi connectivity index (χ3v) is 6.66. The minimum atomic E-state index is -1.35. The van der Waals surface area contributed by atoms with Gasteiger partial charge in [0.15, 0.2) is 0 Å². The smallest absolute Gasteiger partial charge is 0.146 e. The molecule has 36 heavy (non-hydrogen) atoms. The van der Waals surface area contributed by atoms with Crippen LogP contribution >= 0.6 is 0 Å². The molecule has 6 heteroatoms. The zero-order valence-electron chi connectivity index (χ0n) is 21.8. The van der Waals surface area contributed by atoms with Crippen molar-refractivity contribution in [2.75, 3.05) is 0 Å². The quantitative estimate of drug-likeness (QED) is 0.213. The molecule has 5 nitrogen and oxygen atoms in total. The lowest BCUT2D eigenvalue weighted by Gasteiger charge is -2.36. The summed E-state index contributed by atoms with van der Waals surface area (Å²) in [5, 5.41) is 24.9. The summed E-state index contributed by atoms with van der Waals surface area (Å²) in [4.78, 5) is 4.79. The van der Waals surface area contributed by atoms with E-state index in [-0.39, 0.29) is 6.42 Å². The van der Waals surface area contributed by atoms with E-state index >= 15 is 0 Å². The van der Waals surface area contributed by atoms with Crippen LogP contribution in [0.1, 0.15) is 60.3 Å². The molecule has 2 unspecified atom stereocenters. The minimum absolute atomic E-state index is 0.237. The second-order valence-electron chi connectivity index (χ2n) is 10.2. The molecule has 3 rings (SSSR count). The predicted octanol–water partition coefficient (Wildman–Crippen LogP) is 3.83. The second-order valence-corrected chi connectivity index (χ2v) is 10.2. The van der Waals surface area contributed by atoms with Crippen LogP contribution in [0.5, 0.6) is 0 Å². The highest BCUT2D eigenvalue weighted by Crippen LogP contribution is 2.30. The Morgan fingerprint density at radius 1 is 1.00 bits per heavy atom. The first-order chi connectivity index (χ1) is 16.8. The van der Waals surface area contributed by atoms with Crippen LogP contribution in [-0.2, 0) is 6.42 Å². The summed E-state index contributed by atoms with van der Waals surface area (Å²) in [6, 6.07) is 21.3. The van der Waals surface area contributed by atoms with Gasteiger partial charge in [-0.3, -0.25) is 0 Å². The van der Waals surface area contributed by atoms with E-state index in [1.54, 1.807) is 20.8 Å². The van der Waals surface area contributed by atoms with E-state index < -0.39 is 17.4 Å². The van der Waals surface area contributed by atoms with E-state index in [0.29, 0.717) is 17.0 Å². The highest BCUT2D eigenvalue weighted by atomic mass is 16.3. The number of nitrogens with one attached hydrogen (secondary N) is 1. The van der Waals surface area contributed by atoms with Crippen molar-refractivity contribution in [2.24, 2.45) is 10.7 Å². The van der Waals surface area contributed by atoms with E-state index in [1.165, 1.54) is 0 Å². The van der Waals surface area contributed by atoms with Crippen LogP contribution in [0.4, 0.5) is 0 Å². The van der Waals surface area contributed by atoms with Gasteiger partial charge in [0, 0.05) is 23.2 Å². The zero-order chi connectivity index (χ0) is 26.7. The molecule has 0 saturated heterocycles. The van der Waals surface area contributed by atoms with Crippen molar-refractivity contribution >= 4 is 24.8 Å². The Hall–Kier alpha value is -3.35. The van der Waals surface area contributed by atoms with E-state index in [0.717, 1.165) is 33.4 Å². The van der Waals surface area contributed by atoms with Gasteiger partial charge >= 0.3 is 0 Å². The molecule has 0 aliphatic rings. The van der Waals surface area contributed by atoms with Crippen LogP contribution in [-0.4, -0.2) is 35.1 Å². The molecule has 3 aromatic rings. The van der Waals surface area contributed by atoms with Gasteiger partial charge in [0.2, 0.25) is 0 Å². The maximum atomic E-state index is 11.0. The van der Waals surface area contributed by atoms with Gasteiger partial charge in [0.25, 0.3) is 0 Å². The van der Waals surface area contributed by atoms with E-state index in [4.69, 9.17) is 18.6 Å². The molecule has 0 heterocycles. The SMILES string of the molecule is [B]c1ccccc1C(N=C(N)c1ccc(C)cc1)NC(=C)c1ccc(C)cc1CC(C)(O)C(C)(C)O. The topological polar surface area (TPSA) is 90.9 Å². The molecule has 186 valence electrons. The Balaban J connectivity index is 2.01. The fraction of sp³-hybridized carbons (Fsp3) is 0.300. The van der Waals surface area contributed by atoms with Gasteiger partial charge in [-0.2, -0.15) is 0 Å². The zero-order valence-corrected chi connectivity index (χ0v) is 21.8. The number of amidine groups is 1. The van der Waals surface area contributed by atoms with Crippen LogP contribution in [0.3, 0.4) is 0 Å². The number of nitrogens with two attached hydrogens (primary N) is 1. The largest absolute Gasteiger partial charge is 0.387 e. The summed E-state index contributed by atoms with van der Waals surface area (Å²) in [6.07, 6.45) is -0.356. The van der Waals surface area contributed by atoms with Crippen molar-refractivity contribution in [3.8, 4) is 0 Å². The maximum Gasteiger partial charge on any atom is 0.146 e. The average molecular weight is 481 g/mol. The van der Waals surface area contributed by atoms with E-state index in [1.807, 2.05) is 80.6 Å². The van der Waals surface area contributed by atoms with Gasteiger partial charge in [-0.05, 0) is 45.7 Å². The van der Waals surface area contributed by atoms with Crippen LogP contribution in [0, 0.1) is 13.8 Å². The molecule has 3 aromatic carbocycles. The van der Waals surface area contributed by atoms with Crippen molar-refractivity contribution < 1.29 is 10.2 Å². The molecule has 2 atom stereocenters. The van der Waals surface area contributed by atoms with Gasteiger partial charge in [-0.1, -0.05) is 89.9 Å². The monoisotopic (exact) mass is 481 g/mol. The molecule has 0 aromatic heterocycles. The summed E-state index contributed by atoms with van der Waals surface area (Å²) in [5.41, 5.74) is 10.4. The van der Waals surface area contributed by atoms with Crippen molar-refractivity contribution in [1.29, 1.82) is 0 Å². The van der Waals surface area contributed by atoms with Crippen molar-refractivity contribution in [3.63, 3.8) is 0 Å². The Bertz CT molecular complexity index is 1260. The fourth-order valence-corrected chi connectivity index (χ4v) is 3.87. The van der Waals surface area contributed by atoms with Crippen molar-refractivity contribution in [1.82, 2.24) is 5.32 Å². The maximum absolute atomic E-state index is 11.0. The number of rotatable bonds is 9. The summed E-state index contributed by atoms with van der Waals surface area (Å²) in [7, 11) is 6.31. The summed E-state index contributed by atoms with van der Waals surface area (Å²) >= 11 is 0. The average Bonchev–Trinajstić information content (AvgIpc) is 2.78.